The maximum Gasteiger partial charge on any atom is 0.308 e. The van der Waals surface area contributed by atoms with E-state index in [9.17, 15) is 10.0 Å². The number of allylic oxidation sites excluding steroid dienone is 2. The van der Waals surface area contributed by atoms with E-state index in [0.29, 0.717) is 23.7 Å². The van der Waals surface area contributed by atoms with Gasteiger partial charge in [0.1, 0.15) is 5.60 Å². The molecule has 4 aliphatic carbocycles. The molecule has 0 saturated heterocycles. The number of nitrogens with zero attached hydrogens (tertiary/aromatic N) is 1. The Labute approximate surface area is 143 Å². The second kappa shape index (κ2) is 5.82. The zero-order valence-corrected chi connectivity index (χ0v) is 14.8. The van der Waals surface area contributed by atoms with Gasteiger partial charge in [0, 0.05) is 6.04 Å². The molecule has 3 fully saturated rings. The Balaban J connectivity index is 1.27. The molecule has 0 N–H and O–H groups in total. The van der Waals surface area contributed by atoms with Gasteiger partial charge in [-0.1, -0.05) is 12.2 Å². The van der Waals surface area contributed by atoms with Gasteiger partial charge in [0.15, 0.2) is 0 Å². The molecular weight excluding hydrogens is 306 g/mol. The molecular formula is C19H28NO4-. The van der Waals surface area contributed by atoms with Gasteiger partial charge in [-0.3, -0.25) is 10.0 Å². The average Bonchev–Trinajstić information content (AvgIpc) is 3.23. The van der Waals surface area contributed by atoms with Crippen LogP contribution in [0.5, 0.6) is 0 Å². The molecule has 5 heteroatoms. The number of carbonyl (C=O) groups excluding carboxylic acids is 1. The van der Waals surface area contributed by atoms with Crippen molar-refractivity contribution < 1.29 is 14.4 Å². The molecule has 0 aliphatic heterocycles. The number of ether oxygens (including phenoxy) is 1. The van der Waals surface area contributed by atoms with Crippen molar-refractivity contribution in [1.29, 1.82) is 0 Å². The van der Waals surface area contributed by atoms with E-state index in [1.807, 2.05) is 20.8 Å². The van der Waals surface area contributed by atoms with Crippen molar-refractivity contribution in [3.05, 3.63) is 17.4 Å². The first-order valence-corrected chi connectivity index (χ1v) is 9.33. The van der Waals surface area contributed by atoms with E-state index in [2.05, 4.69) is 12.2 Å². The topological polar surface area (TPSA) is 61.8 Å². The predicted octanol–water partition coefficient (Wildman–Crippen LogP) is 3.30. The van der Waals surface area contributed by atoms with Gasteiger partial charge < -0.3 is 14.8 Å². The van der Waals surface area contributed by atoms with E-state index in [0.717, 1.165) is 23.5 Å². The molecule has 3 saturated carbocycles. The van der Waals surface area contributed by atoms with Crippen molar-refractivity contribution in [1.82, 2.24) is 5.23 Å². The van der Waals surface area contributed by atoms with Crippen LogP contribution >= 0.6 is 0 Å². The van der Waals surface area contributed by atoms with Crippen LogP contribution in [0.1, 0.15) is 46.5 Å². The van der Waals surface area contributed by atoms with Crippen LogP contribution in [0.2, 0.25) is 0 Å². The highest BCUT2D eigenvalue weighted by molar-refractivity contribution is 5.69. The van der Waals surface area contributed by atoms with Gasteiger partial charge in [-0.25, -0.2) is 0 Å². The zero-order valence-electron chi connectivity index (χ0n) is 14.8. The van der Waals surface area contributed by atoms with Gasteiger partial charge in [0.25, 0.3) is 0 Å². The Morgan fingerprint density at radius 1 is 1.17 bits per heavy atom. The molecule has 134 valence electrons. The third-order valence-corrected chi connectivity index (χ3v) is 6.45. The first-order chi connectivity index (χ1) is 11.3. The average molecular weight is 334 g/mol. The lowest BCUT2D eigenvalue weighted by atomic mass is 9.72. The van der Waals surface area contributed by atoms with E-state index in [1.165, 1.54) is 12.8 Å². The fourth-order valence-corrected chi connectivity index (χ4v) is 5.93. The summed E-state index contributed by atoms with van der Waals surface area (Å²) < 4.78 is 5.24. The largest absolute Gasteiger partial charge is 0.762 e. The summed E-state index contributed by atoms with van der Waals surface area (Å²) in [5.41, 5.74) is -0.497. The van der Waals surface area contributed by atoms with Crippen LogP contribution in [0.4, 0.5) is 0 Å². The normalized spacial score (nSPS) is 42.1. The monoisotopic (exact) mass is 334 g/mol. The van der Waals surface area contributed by atoms with Crippen molar-refractivity contribution >= 4 is 5.97 Å². The number of carbonyl (C=O) groups is 1. The molecule has 0 aromatic heterocycles. The fraction of sp³-hybridized carbons (Fsp3) is 0.842. The van der Waals surface area contributed by atoms with Gasteiger partial charge >= 0.3 is 5.97 Å². The van der Waals surface area contributed by atoms with Crippen molar-refractivity contribution in [3.8, 4) is 0 Å². The van der Waals surface area contributed by atoms with E-state index in [1.54, 1.807) is 0 Å². The Morgan fingerprint density at radius 2 is 1.88 bits per heavy atom. The summed E-state index contributed by atoms with van der Waals surface area (Å²) in [5, 5.41) is 13.2. The Hall–Kier alpha value is -0.910. The number of hydrogen-bond acceptors (Lipinski definition) is 5. The molecule has 4 rings (SSSR count). The minimum absolute atomic E-state index is 0.0253. The van der Waals surface area contributed by atoms with E-state index < -0.39 is 5.60 Å². The molecule has 0 heterocycles. The van der Waals surface area contributed by atoms with Crippen LogP contribution < -0.4 is 0 Å². The molecule has 0 aromatic carbocycles. The number of hydroxylamine groups is 2. The summed E-state index contributed by atoms with van der Waals surface area (Å²) in [7, 11) is 0. The number of hydrogen-bond donors (Lipinski definition) is 0. The first-order valence-electron chi connectivity index (χ1n) is 9.33. The zero-order chi connectivity index (χ0) is 17.1. The number of fused-ring (bicyclic) bond motifs is 9. The summed E-state index contributed by atoms with van der Waals surface area (Å²) >= 11 is 0. The molecule has 4 bridgehead atoms. The summed E-state index contributed by atoms with van der Waals surface area (Å²) in [4.78, 5) is 17.0. The van der Waals surface area contributed by atoms with Crippen molar-refractivity contribution in [2.24, 2.45) is 35.5 Å². The molecule has 24 heavy (non-hydrogen) atoms. The molecule has 7 unspecified atom stereocenters. The summed E-state index contributed by atoms with van der Waals surface area (Å²) in [6, 6.07) is -0.0253. The standard InChI is InChI=1S/C19H28NO4/c1-19(2,3)24-16(21)6-7-23-20(22)15-10-13-9-14(15)18-12-5-4-11(8-12)17(13)18/h4-5,11-15,17-18H,6-10H2,1-3H3/q-1. The predicted molar refractivity (Wildman–Crippen MR) is 89.3 cm³/mol. The quantitative estimate of drug-likeness (QED) is 0.334. The second-order valence-electron chi connectivity index (χ2n) is 9.02. The number of esters is 1. The van der Waals surface area contributed by atoms with Crippen molar-refractivity contribution in [2.45, 2.75) is 58.1 Å². The summed E-state index contributed by atoms with van der Waals surface area (Å²) in [5.74, 6) is 3.81. The van der Waals surface area contributed by atoms with Crippen LogP contribution in [0.15, 0.2) is 12.2 Å². The third-order valence-electron chi connectivity index (χ3n) is 6.45. The maximum atomic E-state index is 12.4. The Kier molecular flexibility index (Phi) is 4.01. The van der Waals surface area contributed by atoms with Crippen LogP contribution in [-0.2, 0) is 14.4 Å². The molecule has 0 aromatic rings. The van der Waals surface area contributed by atoms with E-state index in [-0.39, 0.29) is 25.0 Å². The molecule has 0 amide bonds. The molecule has 5 nitrogen and oxygen atoms in total. The minimum Gasteiger partial charge on any atom is -0.762 e. The highest BCUT2D eigenvalue weighted by atomic mass is 16.9. The fourth-order valence-electron chi connectivity index (χ4n) is 5.93. The van der Waals surface area contributed by atoms with Gasteiger partial charge in [-0.2, -0.15) is 0 Å². The first kappa shape index (κ1) is 16.6. The van der Waals surface area contributed by atoms with Gasteiger partial charge in [0.05, 0.1) is 13.0 Å². The SMILES string of the molecule is CC(C)(C)OC(=O)CCON([O-])C1CC2CC1C1C3C=CC(C3)C21. The van der Waals surface area contributed by atoms with Crippen molar-refractivity contribution in [2.75, 3.05) is 6.61 Å². The molecule has 7 atom stereocenters. The van der Waals surface area contributed by atoms with Gasteiger partial charge in [-0.05, 0) is 75.5 Å². The second-order valence-corrected chi connectivity index (χ2v) is 9.02. The number of rotatable bonds is 5. The highest BCUT2D eigenvalue weighted by Crippen LogP contribution is 2.65. The molecule has 0 spiro atoms. The third kappa shape index (κ3) is 2.80. The van der Waals surface area contributed by atoms with Crippen molar-refractivity contribution in [3.63, 3.8) is 0 Å². The van der Waals surface area contributed by atoms with Gasteiger partial charge in [0.2, 0.25) is 0 Å². The van der Waals surface area contributed by atoms with Crippen LogP contribution in [0.3, 0.4) is 0 Å². The Morgan fingerprint density at radius 3 is 2.58 bits per heavy atom. The van der Waals surface area contributed by atoms with Crippen LogP contribution in [0, 0.1) is 40.7 Å². The molecule has 4 aliphatic rings. The Bertz CT molecular complexity index is 540. The van der Waals surface area contributed by atoms with Crippen LogP contribution in [-0.4, -0.2) is 29.4 Å². The van der Waals surface area contributed by atoms with Gasteiger partial charge in [-0.15, -0.1) is 0 Å². The lowest BCUT2D eigenvalue weighted by Crippen LogP contribution is -2.42. The summed E-state index contributed by atoms with van der Waals surface area (Å²) in [6.45, 7) is 5.61. The highest BCUT2D eigenvalue weighted by Gasteiger charge is 2.61. The molecule has 0 radical (unpaired) electrons. The maximum absolute atomic E-state index is 12.4. The van der Waals surface area contributed by atoms with E-state index >= 15 is 0 Å². The lowest BCUT2D eigenvalue weighted by Gasteiger charge is -2.44. The smallest absolute Gasteiger partial charge is 0.308 e. The minimum atomic E-state index is -0.497. The lowest BCUT2D eigenvalue weighted by molar-refractivity contribution is -0.178. The summed E-state index contributed by atoms with van der Waals surface area (Å²) in [6.07, 6.45) is 8.35. The van der Waals surface area contributed by atoms with E-state index in [4.69, 9.17) is 9.57 Å². The van der Waals surface area contributed by atoms with Crippen LogP contribution in [0.25, 0.3) is 0 Å².